The van der Waals surface area contributed by atoms with E-state index in [1.54, 1.807) is 0 Å². The van der Waals surface area contributed by atoms with E-state index in [1.807, 2.05) is 18.3 Å². The summed E-state index contributed by atoms with van der Waals surface area (Å²) in [6, 6.07) is 10.9. The Morgan fingerprint density at radius 1 is 1.25 bits per heavy atom. The Morgan fingerprint density at radius 2 is 1.95 bits per heavy atom. The molecule has 0 atom stereocenters. The highest BCUT2D eigenvalue weighted by Crippen LogP contribution is 2.38. The van der Waals surface area contributed by atoms with Crippen molar-refractivity contribution in [3.8, 4) is 0 Å². The molecule has 2 nitrogen and oxygen atoms in total. The highest BCUT2D eigenvalue weighted by molar-refractivity contribution is 9.10. The third-order valence-electron chi connectivity index (χ3n) is 3.86. The minimum atomic E-state index is 0.540. The average Bonchev–Trinajstić information content (AvgIpc) is 2.39. The van der Waals surface area contributed by atoms with Gasteiger partial charge in [-0.2, -0.15) is 0 Å². The van der Waals surface area contributed by atoms with Crippen molar-refractivity contribution in [3.05, 3.63) is 57.3 Å². The van der Waals surface area contributed by atoms with Crippen molar-refractivity contribution in [1.29, 1.82) is 0 Å². The van der Waals surface area contributed by atoms with Crippen LogP contribution in [0.25, 0.3) is 0 Å². The normalized spacial score (nSPS) is 21.4. The van der Waals surface area contributed by atoms with Gasteiger partial charge in [-0.25, -0.2) is 4.98 Å². The molecule has 1 fully saturated rings. The van der Waals surface area contributed by atoms with Gasteiger partial charge in [-0.3, -0.25) is 0 Å². The number of aromatic nitrogens is 1. The van der Waals surface area contributed by atoms with Crippen LogP contribution in [-0.4, -0.2) is 11.0 Å². The largest absolute Gasteiger partial charge is 0.381 e. The Morgan fingerprint density at radius 3 is 2.60 bits per heavy atom. The fourth-order valence-corrected chi connectivity index (χ4v) is 2.96. The van der Waals surface area contributed by atoms with E-state index in [2.05, 4.69) is 51.4 Å². The Labute approximate surface area is 132 Å². The molecular formula is C16H16BrClN2. The van der Waals surface area contributed by atoms with Crippen molar-refractivity contribution in [2.24, 2.45) is 0 Å². The van der Waals surface area contributed by atoms with Crippen LogP contribution in [-0.2, 0) is 0 Å². The number of pyridine rings is 1. The molecule has 0 radical (unpaired) electrons. The number of anilines is 1. The first-order chi connectivity index (χ1) is 9.61. The van der Waals surface area contributed by atoms with Gasteiger partial charge in [-0.1, -0.05) is 23.7 Å². The van der Waals surface area contributed by atoms with Gasteiger partial charge in [0.25, 0.3) is 0 Å². The molecule has 0 spiro atoms. The van der Waals surface area contributed by atoms with Gasteiger partial charge in [0.15, 0.2) is 0 Å². The SMILES string of the molecule is Cc1cc(NC2CC(c3ccc(Cl)cc3)C2)cnc1Br. The summed E-state index contributed by atoms with van der Waals surface area (Å²) in [6.07, 6.45) is 4.21. The Balaban J connectivity index is 1.58. The fourth-order valence-electron chi connectivity index (χ4n) is 2.62. The zero-order valence-corrected chi connectivity index (χ0v) is 13.6. The van der Waals surface area contributed by atoms with Gasteiger partial charge >= 0.3 is 0 Å². The molecule has 1 aliphatic rings. The van der Waals surface area contributed by atoms with Crippen molar-refractivity contribution in [2.45, 2.75) is 31.7 Å². The molecule has 1 saturated carbocycles. The van der Waals surface area contributed by atoms with E-state index in [9.17, 15) is 0 Å². The van der Waals surface area contributed by atoms with Crippen molar-refractivity contribution in [2.75, 3.05) is 5.32 Å². The molecule has 1 aromatic heterocycles. The Hall–Kier alpha value is -1.06. The summed E-state index contributed by atoms with van der Waals surface area (Å²) < 4.78 is 0.913. The molecule has 1 aromatic carbocycles. The van der Waals surface area contributed by atoms with Crippen LogP contribution >= 0.6 is 27.5 Å². The lowest BCUT2D eigenvalue weighted by atomic mass is 9.76. The van der Waals surface area contributed by atoms with Gasteiger partial charge in [0.1, 0.15) is 4.60 Å². The summed E-state index contributed by atoms with van der Waals surface area (Å²) in [5.74, 6) is 0.647. The highest BCUT2D eigenvalue weighted by Gasteiger charge is 2.30. The van der Waals surface area contributed by atoms with Crippen molar-refractivity contribution >= 4 is 33.2 Å². The van der Waals surface area contributed by atoms with E-state index < -0.39 is 0 Å². The monoisotopic (exact) mass is 350 g/mol. The zero-order chi connectivity index (χ0) is 14.1. The molecule has 0 saturated heterocycles. The summed E-state index contributed by atoms with van der Waals surface area (Å²) in [7, 11) is 0. The molecule has 20 heavy (non-hydrogen) atoms. The van der Waals surface area contributed by atoms with Crippen LogP contribution in [0.15, 0.2) is 41.1 Å². The quantitative estimate of drug-likeness (QED) is 0.772. The molecule has 4 heteroatoms. The van der Waals surface area contributed by atoms with Crippen LogP contribution < -0.4 is 5.32 Å². The maximum Gasteiger partial charge on any atom is 0.109 e. The van der Waals surface area contributed by atoms with Crippen molar-refractivity contribution in [1.82, 2.24) is 4.98 Å². The van der Waals surface area contributed by atoms with Gasteiger partial charge in [-0.05, 0) is 70.9 Å². The number of benzene rings is 1. The molecular weight excluding hydrogens is 336 g/mol. The molecule has 1 aliphatic carbocycles. The second-order valence-corrected chi connectivity index (χ2v) is 6.58. The number of nitrogens with one attached hydrogen (secondary N) is 1. The molecule has 0 aliphatic heterocycles. The fraction of sp³-hybridized carbons (Fsp3) is 0.312. The van der Waals surface area contributed by atoms with E-state index in [1.165, 1.54) is 5.56 Å². The topological polar surface area (TPSA) is 24.9 Å². The summed E-state index contributed by atoms with van der Waals surface area (Å²) >= 11 is 9.34. The van der Waals surface area contributed by atoms with Crippen LogP contribution in [0.1, 0.15) is 29.9 Å². The number of aryl methyl sites for hydroxylation is 1. The first-order valence-electron chi connectivity index (χ1n) is 6.76. The number of halogens is 2. The summed E-state index contributed by atoms with van der Waals surface area (Å²) in [5, 5.41) is 4.35. The first kappa shape index (κ1) is 13.9. The molecule has 0 unspecified atom stereocenters. The van der Waals surface area contributed by atoms with Crippen molar-refractivity contribution < 1.29 is 0 Å². The number of rotatable bonds is 3. The van der Waals surface area contributed by atoms with Crippen LogP contribution in [0, 0.1) is 6.92 Å². The van der Waals surface area contributed by atoms with E-state index in [0.29, 0.717) is 12.0 Å². The van der Waals surface area contributed by atoms with E-state index in [-0.39, 0.29) is 0 Å². The van der Waals surface area contributed by atoms with Crippen LogP contribution in [0.5, 0.6) is 0 Å². The number of nitrogens with zero attached hydrogens (tertiary/aromatic N) is 1. The average molecular weight is 352 g/mol. The lowest BCUT2D eigenvalue weighted by Crippen LogP contribution is -2.34. The van der Waals surface area contributed by atoms with Crippen LogP contribution in [0.4, 0.5) is 5.69 Å². The predicted molar refractivity (Wildman–Crippen MR) is 87.5 cm³/mol. The molecule has 1 heterocycles. The molecule has 0 amide bonds. The van der Waals surface area contributed by atoms with Gasteiger partial charge in [0, 0.05) is 11.1 Å². The summed E-state index contributed by atoms with van der Waals surface area (Å²) in [5.41, 5.74) is 3.64. The van der Waals surface area contributed by atoms with Crippen molar-refractivity contribution in [3.63, 3.8) is 0 Å². The van der Waals surface area contributed by atoms with Gasteiger partial charge in [0.2, 0.25) is 0 Å². The second kappa shape index (κ2) is 5.74. The summed E-state index contributed by atoms with van der Waals surface area (Å²) in [4.78, 5) is 4.32. The minimum absolute atomic E-state index is 0.540. The Bertz CT molecular complexity index is 606. The smallest absolute Gasteiger partial charge is 0.109 e. The zero-order valence-electron chi connectivity index (χ0n) is 11.2. The third kappa shape index (κ3) is 2.99. The van der Waals surface area contributed by atoms with E-state index in [4.69, 9.17) is 11.6 Å². The maximum absolute atomic E-state index is 5.92. The van der Waals surface area contributed by atoms with Gasteiger partial charge in [-0.15, -0.1) is 0 Å². The lowest BCUT2D eigenvalue weighted by molar-refractivity contribution is 0.374. The Kier molecular flexibility index (Phi) is 3.99. The lowest BCUT2D eigenvalue weighted by Gasteiger charge is -2.37. The molecule has 3 rings (SSSR count). The van der Waals surface area contributed by atoms with E-state index in [0.717, 1.165) is 33.7 Å². The van der Waals surface area contributed by atoms with E-state index >= 15 is 0 Å². The van der Waals surface area contributed by atoms with Gasteiger partial charge in [0.05, 0.1) is 11.9 Å². The minimum Gasteiger partial charge on any atom is -0.381 e. The van der Waals surface area contributed by atoms with Crippen LogP contribution in [0.3, 0.4) is 0 Å². The summed E-state index contributed by atoms with van der Waals surface area (Å²) in [6.45, 7) is 2.06. The number of hydrogen-bond acceptors (Lipinski definition) is 2. The predicted octanol–water partition coefficient (Wildman–Crippen LogP) is 5.16. The number of hydrogen-bond donors (Lipinski definition) is 1. The maximum atomic E-state index is 5.92. The third-order valence-corrected chi connectivity index (χ3v) is 4.95. The molecule has 1 N–H and O–H groups in total. The second-order valence-electron chi connectivity index (χ2n) is 5.39. The van der Waals surface area contributed by atoms with Gasteiger partial charge < -0.3 is 5.32 Å². The first-order valence-corrected chi connectivity index (χ1v) is 7.93. The molecule has 0 bridgehead atoms. The highest BCUT2D eigenvalue weighted by atomic mass is 79.9. The van der Waals surface area contributed by atoms with Crippen LogP contribution in [0.2, 0.25) is 5.02 Å². The molecule has 104 valence electrons. The molecule has 2 aromatic rings. The standard InChI is InChI=1S/C16H16BrClN2/c1-10-6-15(9-19-16(10)17)20-14-7-12(8-14)11-2-4-13(18)5-3-11/h2-6,9,12,14,20H,7-8H2,1H3.